The van der Waals surface area contributed by atoms with Crippen molar-refractivity contribution in [3.8, 4) is 0 Å². The van der Waals surface area contributed by atoms with E-state index in [1.807, 2.05) is 71.0 Å². The third-order valence-corrected chi connectivity index (χ3v) is 5.87. The van der Waals surface area contributed by atoms with Crippen LogP contribution in [0.2, 0.25) is 0 Å². The molecule has 0 aliphatic heterocycles. The molecule has 0 radical (unpaired) electrons. The Balaban J connectivity index is 2.50. The molecular formula is C29H41N3O4. The first-order chi connectivity index (χ1) is 16.7. The molecule has 2 unspecified atom stereocenters. The van der Waals surface area contributed by atoms with Crippen LogP contribution in [0.15, 0.2) is 36.4 Å². The number of para-hydroxylation sites is 1. The number of hydrogen-bond donors (Lipinski definition) is 2. The van der Waals surface area contributed by atoms with Gasteiger partial charge in [0.2, 0.25) is 5.91 Å². The summed E-state index contributed by atoms with van der Waals surface area (Å²) >= 11 is 0. The van der Waals surface area contributed by atoms with E-state index in [-0.39, 0.29) is 11.8 Å². The number of amides is 3. The fraction of sp³-hybridized carbons (Fsp3) is 0.483. The van der Waals surface area contributed by atoms with Crippen LogP contribution >= 0.6 is 0 Å². The van der Waals surface area contributed by atoms with E-state index in [9.17, 15) is 14.4 Å². The van der Waals surface area contributed by atoms with Crippen molar-refractivity contribution in [2.75, 3.05) is 11.9 Å². The molecule has 2 aromatic rings. The number of carbonyl (C=O) groups is 3. The van der Waals surface area contributed by atoms with Gasteiger partial charge in [-0.2, -0.15) is 0 Å². The van der Waals surface area contributed by atoms with Crippen molar-refractivity contribution in [1.82, 2.24) is 10.2 Å². The molecule has 7 nitrogen and oxygen atoms in total. The van der Waals surface area contributed by atoms with E-state index in [1.165, 1.54) is 0 Å². The highest BCUT2D eigenvalue weighted by atomic mass is 16.6. The summed E-state index contributed by atoms with van der Waals surface area (Å²) in [6, 6.07) is 9.96. The lowest BCUT2D eigenvalue weighted by molar-refractivity contribution is -0.140. The highest BCUT2D eigenvalue weighted by molar-refractivity contribution is 6.00. The number of anilines is 1. The molecule has 0 spiro atoms. The number of nitrogens with one attached hydrogen (secondary N) is 2. The first-order valence-electron chi connectivity index (χ1n) is 12.5. The van der Waals surface area contributed by atoms with Gasteiger partial charge in [0.25, 0.3) is 5.91 Å². The Morgan fingerprint density at radius 2 is 1.58 bits per heavy atom. The van der Waals surface area contributed by atoms with E-state index in [0.717, 1.165) is 33.5 Å². The second kappa shape index (κ2) is 12.1. The zero-order valence-electron chi connectivity index (χ0n) is 23.1. The van der Waals surface area contributed by atoms with Crippen LogP contribution < -0.4 is 10.6 Å². The fourth-order valence-electron chi connectivity index (χ4n) is 4.11. The molecule has 0 bridgehead atoms. The van der Waals surface area contributed by atoms with Gasteiger partial charge in [-0.25, -0.2) is 4.79 Å². The van der Waals surface area contributed by atoms with E-state index in [4.69, 9.17) is 4.74 Å². The van der Waals surface area contributed by atoms with Gasteiger partial charge in [0.1, 0.15) is 17.7 Å². The van der Waals surface area contributed by atoms with Gasteiger partial charge in [0, 0.05) is 12.2 Å². The molecule has 2 rings (SSSR count). The molecule has 196 valence electrons. The van der Waals surface area contributed by atoms with Crippen LogP contribution in [-0.2, 0) is 14.3 Å². The van der Waals surface area contributed by atoms with Crippen LogP contribution in [-0.4, -0.2) is 41.0 Å². The highest BCUT2D eigenvalue weighted by Gasteiger charge is 2.35. The number of hydrogen-bond acceptors (Lipinski definition) is 4. The van der Waals surface area contributed by atoms with Crippen LogP contribution in [0, 0.1) is 27.7 Å². The average Bonchev–Trinajstić information content (AvgIpc) is 2.76. The van der Waals surface area contributed by atoms with Gasteiger partial charge < -0.3 is 20.3 Å². The Morgan fingerprint density at radius 1 is 0.972 bits per heavy atom. The van der Waals surface area contributed by atoms with Gasteiger partial charge in [-0.05, 0) is 84.1 Å². The van der Waals surface area contributed by atoms with Crippen LogP contribution in [0.3, 0.4) is 0 Å². The highest BCUT2D eigenvalue weighted by Crippen LogP contribution is 2.29. The minimum absolute atomic E-state index is 0.299. The summed E-state index contributed by atoms with van der Waals surface area (Å²) in [4.78, 5) is 41.6. The SMILES string of the molecule is CCCN(C(=O)C(C)NC(=O)OC(C)(C)C)C(C(=O)Nc1c(C)cccc1C)c1cc(C)ccc1C. The van der Waals surface area contributed by atoms with Crippen molar-refractivity contribution in [3.05, 3.63) is 64.2 Å². The van der Waals surface area contributed by atoms with Gasteiger partial charge in [-0.1, -0.05) is 48.9 Å². The quantitative estimate of drug-likeness (QED) is 0.488. The molecule has 0 aliphatic rings. The van der Waals surface area contributed by atoms with Gasteiger partial charge in [-0.15, -0.1) is 0 Å². The van der Waals surface area contributed by atoms with Crippen molar-refractivity contribution in [2.24, 2.45) is 0 Å². The first kappa shape index (κ1) is 28.9. The second-order valence-corrected chi connectivity index (χ2v) is 10.4. The number of aryl methyl sites for hydroxylation is 4. The van der Waals surface area contributed by atoms with Gasteiger partial charge in [0.05, 0.1) is 0 Å². The molecule has 3 amide bonds. The molecular weight excluding hydrogens is 454 g/mol. The molecule has 0 saturated carbocycles. The van der Waals surface area contributed by atoms with Crippen LogP contribution in [0.5, 0.6) is 0 Å². The molecule has 0 saturated heterocycles. The summed E-state index contributed by atoms with van der Waals surface area (Å²) in [5, 5.41) is 5.71. The van der Waals surface area contributed by atoms with Crippen LogP contribution in [0.25, 0.3) is 0 Å². The van der Waals surface area contributed by atoms with E-state index in [1.54, 1.807) is 32.6 Å². The maximum atomic E-state index is 13.9. The summed E-state index contributed by atoms with van der Waals surface area (Å²) in [6.07, 6.45) is -0.0359. The predicted octanol–water partition coefficient (Wildman–Crippen LogP) is 5.75. The Labute approximate surface area is 215 Å². The molecule has 0 fully saturated rings. The summed E-state index contributed by atoms with van der Waals surface area (Å²) in [5.74, 6) is -0.655. The molecule has 0 heterocycles. The summed E-state index contributed by atoms with van der Waals surface area (Å²) in [5.41, 5.74) is 4.58. The zero-order valence-corrected chi connectivity index (χ0v) is 23.1. The molecule has 7 heteroatoms. The van der Waals surface area contributed by atoms with E-state index >= 15 is 0 Å². The van der Waals surface area contributed by atoms with E-state index in [0.29, 0.717) is 13.0 Å². The number of nitrogens with zero attached hydrogens (tertiary/aromatic N) is 1. The lowest BCUT2D eigenvalue weighted by atomic mass is 9.95. The monoisotopic (exact) mass is 495 g/mol. The largest absolute Gasteiger partial charge is 0.444 e. The fourth-order valence-corrected chi connectivity index (χ4v) is 4.11. The molecule has 36 heavy (non-hydrogen) atoms. The van der Waals surface area contributed by atoms with Crippen molar-refractivity contribution >= 4 is 23.6 Å². The van der Waals surface area contributed by atoms with Gasteiger partial charge in [-0.3, -0.25) is 9.59 Å². The van der Waals surface area contributed by atoms with Crippen molar-refractivity contribution < 1.29 is 19.1 Å². The summed E-state index contributed by atoms with van der Waals surface area (Å²) in [6.45, 7) is 17.0. The Bertz CT molecular complexity index is 1080. The number of benzene rings is 2. The first-order valence-corrected chi connectivity index (χ1v) is 12.5. The van der Waals surface area contributed by atoms with Gasteiger partial charge >= 0.3 is 6.09 Å². The molecule has 0 aromatic heterocycles. The maximum absolute atomic E-state index is 13.9. The Kier molecular flexibility index (Phi) is 9.68. The van der Waals surface area contributed by atoms with Crippen LogP contribution in [0.4, 0.5) is 10.5 Å². The number of rotatable bonds is 8. The van der Waals surface area contributed by atoms with E-state index < -0.39 is 23.8 Å². The van der Waals surface area contributed by atoms with Crippen molar-refractivity contribution in [1.29, 1.82) is 0 Å². The topological polar surface area (TPSA) is 87.7 Å². The predicted molar refractivity (Wildman–Crippen MR) is 144 cm³/mol. The molecule has 2 atom stereocenters. The number of ether oxygens (including phenoxy) is 1. The Morgan fingerprint density at radius 3 is 2.14 bits per heavy atom. The smallest absolute Gasteiger partial charge is 0.408 e. The van der Waals surface area contributed by atoms with Crippen molar-refractivity contribution in [2.45, 2.75) is 86.4 Å². The summed E-state index contributed by atoms with van der Waals surface area (Å²) in [7, 11) is 0. The zero-order chi connectivity index (χ0) is 27.2. The standard InChI is InChI=1S/C29H41N3O4/c1-10-16-32(27(34)22(6)30-28(35)36-29(7,8)9)25(23-17-18(2)14-15-19(23)3)26(33)31-24-20(4)12-11-13-21(24)5/h11-15,17,22,25H,10,16H2,1-9H3,(H,30,35)(H,31,33). The van der Waals surface area contributed by atoms with Crippen molar-refractivity contribution in [3.63, 3.8) is 0 Å². The lowest BCUT2D eigenvalue weighted by Gasteiger charge is -2.34. The Hall–Kier alpha value is -3.35. The molecule has 0 aliphatic carbocycles. The third-order valence-electron chi connectivity index (χ3n) is 5.87. The molecule has 2 aromatic carbocycles. The van der Waals surface area contributed by atoms with Gasteiger partial charge in [0.15, 0.2) is 0 Å². The minimum atomic E-state index is -0.882. The third kappa shape index (κ3) is 7.57. The molecule has 2 N–H and O–H groups in total. The second-order valence-electron chi connectivity index (χ2n) is 10.4. The normalized spacial score (nSPS) is 12.9. The number of carbonyl (C=O) groups excluding carboxylic acids is 3. The van der Waals surface area contributed by atoms with E-state index in [2.05, 4.69) is 10.6 Å². The lowest BCUT2D eigenvalue weighted by Crippen LogP contribution is -2.51. The summed E-state index contributed by atoms with van der Waals surface area (Å²) < 4.78 is 5.33. The minimum Gasteiger partial charge on any atom is -0.444 e. The number of alkyl carbamates (subject to hydrolysis) is 1. The van der Waals surface area contributed by atoms with Crippen LogP contribution in [0.1, 0.15) is 74.9 Å². The average molecular weight is 496 g/mol. The maximum Gasteiger partial charge on any atom is 0.408 e.